The SMILES string of the molecule is O=C1C(Cl)C(c2cccc(Br)c2)N1n1c(Cn2nnc3ccccc32)n[nH]c1=S. The Balaban J connectivity index is 1.55. The van der Waals surface area contributed by atoms with Crippen molar-refractivity contribution in [2.45, 2.75) is 18.0 Å². The third-order valence-corrected chi connectivity index (χ3v) is 6.02. The molecule has 29 heavy (non-hydrogen) atoms. The molecule has 1 saturated heterocycles. The Labute approximate surface area is 183 Å². The van der Waals surface area contributed by atoms with Crippen molar-refractivity contribution in [1.29, 1.82) is 0 Å². The van der Waals surface area contributed by atoms with E-state index in [-0.39, 0.29) is 18.5 Å². The fourth-order valence-corrected chi connectivity index (χ4v) is 4.49. The number of alkyl halides is 1. The third kappa shape index (κ3) is 2.98. The normalized spacial score (nSPS) is 19.0. The second kappa shape index (κ2) is 7.05. The van der Waals surface area contributed by atoms with Gasteiger partial charge in [0.05, 0.1) is 5.52 Å². The molecule has 11 heteroatoms. The van der Waals surface area contributed by atoms with E-state index in [1.165, 1.54) is 0 Å². The first kappa shape index (κ1) is 18.5. The summed E-state index contributed by atoms with van der Waals surface area (Å²) < 4.78 is 4.52. The zero-order valence-corrected chi connectivity index (χ0v) is 17.9. The molecular weight excluding hydrogens is 478 g/mol. The Morgan fingerprint density at radius 2 is 2.03 bits per heavy atom. The molecule has 1 amide bonds. The number of rotatable bonds is 4. The van der Waals surface area contributed by atoms with Crippen molar-refractivity contribution < 1.29 is 4.79 Å². The molecule has 5 rings (SSSR count). The smallest absolute Gasteiger partial charge is 0.262 e. The summed E-state index contributed by atoms with van der Waals surface area (Å²) >= 11 is 15.3. The lowest BCUT2D eigenvalue weighted by Gasteiger charge is -2.44. The van der Waals surface area contributed by atoms with Gasteiger partial charge in [-0.1, -0.05) is 45.4 Å². The first-order valence-electron chi connectivity index (χ1n) is 8.72. The summed E-state index contributed by atoms with van der Waals surface area (Å²) in [7, 11) is 0. The molecule has 2 aromatic carbocycles. The van der Waals surface area contributed by atoms with E-state index in [9.17, 15) is 4.79 Å². The van der Waals surface area contributed by atoms with E-state index < -0.39 is 5.38 Å². The van der Waals surface area contributed by atoms with Gasteiger partial charge in [-0.2, -0.15) is 5.10 Å². The molecule has 4 aromatic rings. The number of halogens is 2. The highest BCUT2D eigenvalue weighted by molar-refractivity contribution is 9.10. The van der Waals surface area contributed by atoms with Crippen LogP contribution >= 0.6 is 39.7 Å². The summed E-state index contributed by atoms with van der Waals surface area (Å²) in [6.07, 6.45) is 0. The van der Waals surface area contributed by atoms with Crippen molar-refractivity contribution in [3.05, 3.63) is 69.2 Å². The minimum absolute atomic E-state index is 0.237. The number of carbonyl (C=O) groups is 1. The molecule has 2 atom stereocenters. The average molecular weight is 491 g/mol. The highest BCUT2D eigenvalue weighted by Gasteiger charge is 2.49. The minimum Gasteiger partial charge on any atom is -0.271 e. The maximum atomic E-state index is 12.7. The molecular formula is C18H13BrClN7OS. The molecule has 1 aliphatic heterocycles. The third-order valence-electron chi connectivity index (χ3n) is 4.84. The van der Waals surface area contributed by atoms with Crippen molar-refractivity contribution >= 4 is 56.7 Å². The molecule has 2 unspecified atom stereocenters. The second-order valence-electron chi connectivity index (χ2n) is 6.58. The van der Waals surface area contributed by atoms with Gasteiger partial charge >= 0.3 is 0 Å². The Morgan fingerprint density at radius 3 is 2.86 bits per heavy atom. The average Bonchev–Trinajstić information content (AvgIpc) is 3.29. The van der Waals surface area contributed by atoms with E-state index in [1.54, 1.807) is 14.4 Å². The lowest BCUT2D eigenvalue weighted by Crippen LogP contribution is -2.62. The van der Waals surface area contributed by atoms with Crippen molar-refractivity contribution in [2.75, 3.05) is 5.01 Å². The molecule has 0 radical (unpaired) electrons. The summed E-state index contributed by atoms with van der Waals surface area (Å²) in [6.45, 7) is 0.287. The van der Waals surface area contributed by atoms with E-state index in [1.807, 2.05) is 48.5 Å². The molecule has 1 N–H and O–H groups in total. The van der Waals surface area contributed by atoms with E-state index in [0.717, 1.165) is 21.1 Å². The number of amides is 1. The van der Waals surface area contributed by atoms with Gasteiger partial charge in [0.25, 0.3) is 5.91 Å². The molecule has 3 heterocycles. The number of nitrogens with zero attached hydrogens (tertiary/aromatic N) is 6. The zero-order valence-electron chi connectivity index (χ0n) is 14.7. The number of para-hydroxylation sites is 1. The van der Waals surface area contributed by atoms with Crippen molar-refractivity contribution in [2.24, 2.45) is 0 Å². The highest BCUT2D eigenvalue weighted by atomic mass is 79.9. The van der Waals surface area contributed by atoms with Crippen LogP contribution in [0.2, 0.25) is 0 Å². The molecule has 0 aliphatic carbocycles. The van der Waals surface area contributed by atoms with Crippen LogP contribution in [-0.4, -0.2) is 41.2 Å². The van der Waals surface area contributed by atoms with E-state index in [4.69, 9.17) is 23.8 Å². The number of aromatic amines is 1. The van der Waals surface area contributed by atoms with Crippen LogP contribution in [-0.2, 0) is 11.3 Å². The van der Waals surface area contributed by atoms with Gasteiger partial charge in [-0.15, -0.1) is 16.7 Å². The van der Waals surface area contributed by atoms with Crippen LogP contribution in [0.25, 0.3) is 11.0 Å². The predicted octanol–water partition coefficient (Wildman–Crippen LogP) is 3.32. The minimum atomic E-state index is -0.679. The number of benzene rings is 2. The van der Waals surface area contributed by atoms with Crippen LogP contribution in [0.15, 0.2) is 53.0 Å². The Bertz CT molecular complexity index is 1300. The Kier molecular flexibility index (Phi) is 4.49. The molecule has 0 spiro atoms. The summed E-state index contributed by atoms with van der Waals surface area (Å²) in [4.78, 5) is 12.7. The largest absolute Gasteiger partial charge is 0.271 e. The molecule has 8 nitrogen and oxygen atoms in total. The molecule has 0 bridgehead atoms. The van der Waals surface area contributed by atoms with Crippen molar-refractivity contribution in [3.63, 3.8) is 0 Å². The van der Waals surface area contributed by atoms with Crippen LogP contribution in [0.4, 0.5) is 0 Å². The van der Waals surface area contributed by atoms with Crippen LogP contribution in [0.1, 0.15) is 17.4 Å². The van der Waals surface area contributed by atoms with Gasteiger partial charge in [0.1, 0.15) is 23.5 Å². The van der Waals surface area contributed by atoms with Crippen LogP contribution < -0.4 is 5.01 Å². The van der Waals surface area contributed by atoms with Gasteiger partial charge in [0.15, 0.2) is 5.82 Å². The van der Waals surface area contributed by atoms with Crippen molar-refractivity contribution in [3.8, 4) is 0 Å². The number of nitrogens with one attached hydrogen (secondary N) is 1. The number of fused-ring (bicyclic) bond motifs is 1. The number of carbonyl (C=O) groups excluding carboxylic acids is 1. The molecule has 146 valence electrons. The summed E-state index contributed by atoms with van der Waals surface area (Å²) in [5.41, 5.74) is 2.54. The fraction of sp³-hybridized carbons (Fsp3) is 0.167. The lowest BCUT2D eigenvalue weighted by molar-refractivity contribution is -0.126. The zero-order chi connectivity index (χ0) is 20.1. The first-order chi connectivity index (χ1) is 14.0. The van der Waals surface area contributed by atoms with Gasteiger partial charge in [-0.3, -0.25) is 9.89 Å². The fourth-order valence-electron chi connectivity index (χ4n) is 3.48. The maximum absolute atomic E-state index is 12.7. The lowest BCUT2D eigenvalue weighted by atomic mass is 9.95. The quantitative estimate of drug-likeness (QED) is 0.269. The standard InChI is InChI=1S/C18H13BrClN7OS/c19-11-5-3-4-10(8-11)16-15(20)17(28)27(16)26-14(22-23-18(26)29)9-25-13-7-2-1-6-12(13)21-24-25/h1-8,15-16H,9H2,(H,23,29). The second-order valence-corrected chi connectivity index (χ2v) is 8.35. The molecule has 0 saturated carbocycles. The number of aromatic nitrogens is 6. The summed E-state index contributed by atoms with van der Waals surface area (Å²) in [5, 5.41) is 16.3. The van der Waals surface area contributed by atoms with Gasteiger partial charge < -0.3 is 0 Å². The first-order valence-corrected chi connectivity index (χ1v) is 10.4. The summed E-state index contributed by atoms with van der Waals surface area (Å²) in [5.74, 6) is 0.293. The highest BCUT2D eigenvalue weighted by Crippen LogP contribution is 2.38. The van der Waals surface area contributed by atoms with Crippen molar-refractivity contribution in [1.82, 2.24) is 29.9 Å². The topological polar surface area (TPSA) is 84.6 Å². The summed E-state index contributed by atoms with van der Waals surface area (Å²) in [6, 6.07) is 15.0. The number of H-pyrrole nitrogens is 1. The van der Waals surface area contributed by atoms with E-state index in [2.05, 4.69) is 36.4 Å². The number of hydrogen-bond acceptors (Lipinski definition) is 5. The molecule has 1 aliphatic rings. The molecule has 2 aromatic heterocycles. The number of β-lactam (4-membered cyclic amide) rings is 1. The van der Waals surface area contributed by atoms with Crippen LogP contribution in [0.3, 0.4) is 0 Å². The van der Waals surface area contributed by atoms with E-state index >= 15 is 0 Å². The van der Waals surface area contributed by atoms with Crippen LogP contribution in [0.5, 0.6) is 0 Å². The van der Waals surface area contributed by atoms with Gasteiger partial charge in [-0.05, 0) is 42.0 Å². The maximum Gasteiger partial charge on any atom is 0.262 e. The van der Waals surface area contributed by atoms with Gasteiger partial charge in [0.2, 0.25) is 4.77 Å². The Hall–Kier alpha value is -2.56. The van der Waals surface area contributed by atoms with E-state index in [0.29, 0.717) is 10.6 Å². The van der Waals surface area contributed by atoms with Gasteiger partial charge in [-0.25, -0.2) is 14.4 Å². The monoisotopic (exact) mass is 489 g/mol. The number of hydrogen-bond donors (Lipinski definition) is 1. The Morgan fingerprint density at radius 1 is 1.21 bits per heavy atom. The predicted molar refractivity (Wildman–Crippen MR) is 114 cm³/mol. The van der Waals surface area contributed by atoms with Gasteiger partial charge in [0, 0.05) is 4.47 Å². The molecule has 1 fully saturated rings. The van der Waals surface area contributed by atoms with Crippen LogP contribution in [0, 0.1) is 4.77 Å².